The molecule has 4 atom stereocenters. The number of β-lactam (4-membered cyclic amide) rings is 1. The zero-order valence-electron chi connectivity index (χ0n) is 16.5. The SMILES string of the molecule is CSCC(NC(=O)C1CCCN1C(=O)C1N2C(=O)CC2S(=O)(=O)C1(C)C)C(=O)O. The average Bonchev–Trinajstić information content (AvgIpc) is 3.15. The minimum atomic E-state index is -3.72. The molecule has 0 aromatic carbocycles. The van der Waals surface area contributed by atoms with E-state index in [-0.39, 0.29) is 18.7 Å². The smallest absolute Gasteiger partial charge is 0.327 e. The van der Waals surface area contributed by atoms with Gasteiger partial charge in [0.05, 0.1) is 11.2 Å². The van der Waals surface area contributed by atoms with Gasteiger partial charge < -0.3 is 20.2 Å². The molecule has 29 heavy (non-hydrogen) atoms. The number of hydrogen-bond donors (Lipinski definition) is 2. The van der Waals surface area contributed by atoms with Gasteiger partial charge in [-0.3, -0.25) is 14.4 Å². The molecule has 12 heteroatoms. The number of carbonyl (C=O) groups is 4. The predicted molar refractivity (Wildman–Crippen MR) is 105 cm³/mol. The molecule has 3 aliphatic rings. The molecule has 0 aliphatic carbocycles. The van der Waals surface area contributed by atoms with Crippen molar-refractivity contribution in [2.75, 3.05) is 18.6 Å². The Morgan fingerprint density at radius 3 is 2.55 bits per heavy atom. The van der Waals surface area contributed by atoms with Crippen molar-refractivity contribution in [1.29, 1.82) is 0 Å². The van der Waals surface area contributed by atoms with E-state index in [0.29, 0.717) is 12.8 Å². The molecule has 3 amide bonds. The van der Waals surface area contributed by atoms with Gasteiger partial charge in [0.15, 0.2) is 9.84 Å². The monoisotopic (exact) mass is 447 g/mol. The number of hydrogen-bond acceptors (Lipinski definition) is 7. The Morgan fingerprint density at radius 1 is 1.34 bits per heavy atom. The van der Waals surface area contributed by atoms with Crippen molar-refractivity contribution in [2.45, 2.75) is 61.4 Å². The van der Waals surface area contributed by atoms with E-state index >= 15 is 0 Å². The maximum absolute atomic E-state index is 13.3. The van der Waals surface area contributed by atoms with Crippen molar-refractivity contribution in [2.24, 2.45) is 0 Å². The summed E-state index contributed by atoms with van der Waals surface area (Å²) >= 11 is 1.27. The van der Waals surface area contributed by atoms with E-state index in [2.05, 4.69) is 5.32 Å². The molecule has 3 heterocycles. The molecule has 0 aromatic heterocycles. The molecule has 3 saturated heterocycles. The first kappa shape index (κ1) is 21.9. The van der Waals surface area contributed by atoms with E-state index < -0.39 is 61.8 Å². The molecule has 0 saturated carbocycles. The summed E-state index contributed by atoms with van der Waals surface area (Å²) in [4.78, 5) is 51.8. The molecule has 4 unspecified atom stereocenters. The number of carbonyl (C=O) groups excluding carboxylic acids is 3. The third-order valence-corrected chi connectivity index (χ3v) is 9.46. The average molecular weight is 448 g/mol. The molecule has 2 N–H and O–H groups in total. The maximum Gasteiger partial charge on any atom is 0.327 e. The molecular formula is C17H25N3O7S2. The van der Waals surface area contributed by atoms with Gasteiger partial charge in [0.1, 0.15) is 23.5 Å². The molecule has 3 aliphatic heterocycles. The predicted octanol–water partition coefficient (Wildman–Crippen LogP) is -0.956. The van der Waals surface area contributed by atoms with Gasteiger partial charge in [0, 0.05) is 12.3 Å². The lowest BCUT2D eigenvalue weighted by molar-refractivity contribution is -0.155. The van der Waals surface area contributed by atoms with Crippen LogP contribution in [0.4, 0.5) is 0 Å². The first-order chi connectivity index (χ1) is 13.4. The highest BCUT2D eigenvalue weighted by Crippen LogP contribution is 2.46. The zero-order valence-corrected chi connectivity index (χ0v) is 18.1. The maximum atomic E-state index is 13.3. The van der Waals surface area contributed by atoms with Crippen LogP contribution in [0.2, 0.25) is 0 Å². The van der Waals surface area contributed by atoms with Gasteiger partial charge in [-0.25, -0.2) is 13.2 Å². The number of fused-ring (bicyclic) bond motifs is 1. The molecule has 0 aromatic rings. The summed E-state index contributed by atoms with van der Waals surface area (Å²) in [5.74, 6) is -2.54. The van der Waals surface area contributed by atoms with Crippen LogP contribution < -0.4 is 5.32 Å². The van der Waals surface area contributed by atoms with Crippen LogP contribution in [0.25, 0.3) is 0 Å². The molecule has 3 fully saturated rings. The number of amides is 3. The Hall–Kier alpha value is -1.82. The number of aliphatic carboxylic acids is 1. The summed E-state index contributed by atoms with van der Waals surface area (Å²) in [6.07, 6.45) is 2.47. The van der Waals surface area contributed by atoms with E-state index in [1.165, 1.54) is 30.5 Å². The van der Waals surface area contributed by atoms with E-state index in [9.17, 15) is 32.7 Å². The number of thioether (sulfide) groups is 1. The topological polar surface area (TPSA) is 141 Å². The van der Waals surface area contributed by atoms with Gasteiger partial charge in [-0.2, -0.15) is 11.8 Å². The first-order valence-electron chi connectivity index (χ1n) is 9.32. The fourth-order valence-corrected chi connectivity index (χ4v) is 6.98. The lowest BCUT2D eigenvalue weighted by Gasteiger charge is -2.39. The first-order valence-corrected chi connectivity index (χ1v) is 12.3. The van der Waals surface area contributed by atoms with Crippen LogP contribution in [0.1, 0.15) is 33.1 Å². The lowest BCUT2D eigenvalue weighted by Crippen LogP contribution is -2.62. The van der Waals surface area contributed by atoms with Crippen LogP contribution in [0.3, 0.4) is 0 Å². The Balaban J connectivity index is 1.82. The fourth-order valence-electron chi connectivity index (χ4n) is 4.30. The molecule has 0 radical (unpaired) electrons. The van der Waals surface area contributed by atoms with Crippen LogP contribution in [-0.2, 0) is 29.0 Å². The zero-order chi connectivity index (χ0) is 21.7. The highest BCUT2D eigenvalue weighted by atomic mass is 32.2. The number of sulfone groups is 1. The van der Waals surface area contributed by atoms with Gasteiger partial charge in [0.25, 0.3) is 0 Å². The molecule has 0 spiro atoms. The van der Waals surface area contributed by atoms with Gasteiger partial charge in [-0.05, 0) is 32.9 Å². The van der Waals surface area contributed by atoms with Crippen molar-refractivity contribution in [3.05, 3.63) is 0 Å². The standard InChI is InChI=1S/C17H25N3O7S2/c1-17(2)13(20-11(21)7-12(20)29(17,26)27)15(23)19-6-4-5-10(19)14(22)18-9(8-28-3)16(24)25/h9-10,12-13H,4-8H2,1-3H3,(H,18,22)(H,24,25). The third kappa shape index (κ3) is 3.29. The number of carboxylic acid groups (broad SMARTS) is 1. The second kappa shape index (κ2) is 7.46. The number of rotatable bonds is 6. The summed E-state index contributed by atoms with van der Waals surface area (Å²) in [7, 11) is -3.72. The Bertz CT molecular complexity index is 857. The highest BCUT2D eigenvalue weighted by Gasteiger charge is 2.68. The number of carboxylic acids is 1. The number of nitrogens with zero attached hydrogens (tertiary/aromatic N) is 2. The van der Waals surface area contributed by atoms with Crippen LogP contribution in [-0.4, -0.2) is 93.8 Å². The van der Waals surface area contributed by atoms with E-state index in [0.717, 1.165) is 4.90 Å². The van der Waals surface area contributed by atoms with Crippen LogP contribution in [0.15, 0.2) is 0 Å². The largest absolute Gasteiger partial charge is 0.480 e. The van der Waals surface area contributed by atoms with Crippen molar-refractivity contribution in [3.8, 4) is 0 Å². The minimum Gasteiger partial charge on any atom is -0.480 e. The lowest BCUT2D eigenvalue weighted by atomic mass is 9.96. The van der Waals surface area contributed by atoms with Crippen LogP contribution in [0.5, 0.6) is 0 Å². The Morgan fingerprint density at radius 2 is 2.00 bits per heavy atom. The van der Waals surface area contributed by atoms with Crippen LogP contribution in [0, 0.1) is 0 Å². The number of likely N-dealkylation sites (tertiary alicyclic amines) is 1. The molecular weight excluding hydrogens is 422 g/mol. The molecule has 0 bridgehead atoms. The Kier molecular flexibility index (Phi) is 5.63. The highest BCUT2D eigenvalue weighted by molar-refractivity contribution is 7.98. The van der Waals surface area contributed by atoms with E-state index in [1.54, 1.807) is 6.26 Å². The Labute approximate surface area is 173 Å². The second-order valence-corrected chi connectivity index (χ2v) is 11.7. The van der Waals surface area contributed by atoms with Gasteiger partial charge in [0.2, 0.25) is 17.7 Å². The molecule has 3 rings (SSSR count). The summed E-state index contributed by atoms with van der Waals surface area (Å²) in [6.45, 7) is 3.11. The molecule has 162 valence electrons. The third-order valence-electron chi connectivity index (χ3n) is 6.00. The quantitative estimate of drug-likeness (QED) is 0.496. The minimum absolute atomic E-state index is 0.131. The fraction of sp³-hybridized carbons (Fsp3) is 0.765. The summed E-state index contributed by atoms with van der Waals surface area (Å²) < 4.78 is 24.0. The van der Waals surface area contributed by atoms with Gasteiger partial charge in [-0.15, -0.1) is 0 Å². The van der Waals surface area contributed by atoms with Crippen molar-refractivity contribution in [3.63, 3.8) is 0 Å². The van der Waals surface area contributed by atoms with Crippen LogP contribution >= 0.6 is 11.8 Å². The summed E-state index contributed by atoms with van der Waals surface area (Å²) in [5, 5.41) is 10.7. The van der Waals surface area contributed by atoms with Crippen molar-refractivity contribution < 1.29 is 32.7 Å². The second-order valence-electron chi connectivity index (χ2n) is 8.06. The summed E-state index contributed by atoms with van der Waals surface area (Å²) in [5.41, 5.74) is 0. The summed E-state index contributed by atoms with van der Waals surface area (Å²) in [6, 6.07) is -3.16. The van der Waals surface area contributed by atoms with Gasteiger partial charge in [-0.1, -0.05) is 0 Å². The van der Waals surface area contributed by atoms with Gasteiger partial charge >= 0.3 is 5.97 Å². The number of nitrogens with one attached hydrogen (secondary N) is 1. The molecule has 10 nitrogen and oxygen atoms in total. The van der Waals surface area contributed by atoms with Crippen molar-refractivity contribution >= 4 is 45.3 Å². The normalized spacial score (nSPS) is 30.4. The van der Waals surface area contributed by atoms with E-state index in [1.807, 2.05) is 0 Å². The van der Waals surface area contributed by atoms with Crippen molar-refractivity contribution in [1.82, 2.24) is 15.1 Å². The van der Waals surface area contributed by atoms with E-state index in [4.69, 9.17) is 0 Å².